The van der Waals surface area contributed by atoms with E-state index in [1.165, 1.54) is 14.6 Å². The van der Waals surface area contributed by atoms with Crippen molar-refractivity contribution in [3.8, 4) is 9.75 Å². The smallest absolute Gasteiger partial charge is 0.237 e. The van der Waals surface area contributed by atoms with Crippen LogP contribution < -0.4 is 0 Å². The number of hydrogen-bond acceptors (Lipinski definition) is 6. The molecule has 8 heteroatoms. The number of hydrogen-bond donors (Lipinski definition) is 1. The maximum Gasteiger partial charge on any atom is 0.237 e. The van der Waals surface area contributed by atoms with Crippen LogP contribution in [0.2, 0.25) is 0 Å². The summed E-state index contributed by atoms with van der Waals surface area (Å²) in [5.41, 5.74) is 2.06. The van der Waals surface area contributed by atoms with Gasteiger partial charge in [0.15, 0.2) is 0 Å². The predicted octanol–water partition coefficient (Wildman–Crippen LogP) is 4.21. The minimum absolute atomic E-state index is 0.0208. The van der Waals surface area contributed by atoms with Crippen molar-refractivity contribution >= 4 is 39.5 Å². The van der Waals surface area contributed by atoms with Crippen LogP contribution in [0.1, 0.15) is 10.6 Å². The van der Waals surface area contributed by atoms with Gasteiger partial charge in [-0.25, -0.2) is 0 Å². The van der Waals surface area contributed by atoms with Gasteiger partial charge < -0.3 is 14.6 Å². The first-order valence-electron chi connectivity index (χ1n) is 10.2. The van der Waals surface area contributed by atoms with Crippen LogP contribution >= 0.6 is 22.7 Å². The first-order valence-corrected chi connectivity index (χ1v) is 11.9. The number of rotatable bonds is 7. The van der Waals surface area contributed by atoms with Gasteiger partial charge >= 0.3 is 0 Å². The summed E-state index contributed by atoms with van der Waals surface area (Å²) in [7, 11) is 1.70. The first kappa shape index (κ1) is 20.4. The van der Waals surface area contributed by atoms with Gasteiger partial charge in [-0.05, 0) is 35.7 Å². The number of ether oxygens (including phenoxy) is 1. The second-order valence-corrected chi connectivity index (χ2v) is 9.92. The number of aromatic amines is 1. The molecule has 0 bridgehead atoms. The number of amides is 1. The second-order valence-electron chi connectivity index (χ2n) is 7.80. The van der Waals surface area contributed by atoms with E-state index in [0.29, 0.717) is 19.7 Å². The molecule has 0 saturated carbocycles. The fraction of sp³-hybridized carbons (Fsp3) is 0.304. The van der Waals surface area contributed by atoms with E-state index in [1.807, 2.05) is 28.5 Å². The number of methoxy groups -OCH3 is 1. The lowest BCUT2D eigenvalue weighted by Gasteiger charge is -2.40. The number of nitrogens with one attached hydrogen (secondary N) is 1. The average molecular weight is 453 g/mol. The van der Waals surface area contributed by atoms with Crippen LogP contribution in [0.5, 0.6) is 0 Å². The number of piperazine rings is 1. The number of H-pyrrole nitrogens is 1. The number of carbonyl (C=O) groups is 1. The Morgan fingerprint density at radius 2 is 2.16 bits per heavy atom. The lowest BCUT2D eigenvalue weighted by atomic mass is 10.1. The quantitative estimate of drug-likeness (QED) is 0.456. The highest BCUT2D eigenvalue weighted by molar-refractivity contribution is 7.21. The molecule has 1 amide bonds. The summed E-state index contributed by atoms with van der Waals surface area (Å²) < 4.78 is 5.47. The van der Waals surface area contributed by atoms with Gasteiger partial charge in [0.1, 0.15) is 0 Å². The molecule has 1 saturated heterocycles. The molecule has 1 aliphatic rings. The number of thiophene rings is 2. The van der Waals surface area contributed by atoms with Crippen molar-refractivity contribution in [3.63, 3.8) is 0 Å². The highest BCUT2D eigenvalue weighted by Crippen LogP contribution is 2.32. The molecule has 31 heavy (non-hydrogen) atoms. The first-order chi connectivity index (χ1) is 15.2. The summed E-state index contributed by atoms with van der Waals surface area (Å²) in [6.45, 7) is 3.08. The zero-order chi connectivity index (χ0) is 21.2. The molecule has 4 aromatic rings. The summed E-state index contributed by atoms with van der Waals surface area (Å²) >= 11 is 3.57. The molecular weight excluding hydrogens is 428 g/mol. The maximum absolute atomic E-state index is 13.1. The van der Waals surface area contributed by atoms with Crippen molar-refractivity contribution < 1.29 is 9.53 Å². The molecule has 5 heterocycles. The Hall–Kier alpha value is -2.52. The SMILES string of the molecule is COCC1CN(Cc2ccc(-c3cccs3)s2)CC(=O)N1Cc1cc2cnccc2[nH]1. The van der Waals surface area contributed by atoms with Gasteiger partial charge in [-0.1, -0.05) is 6.07 Å². The summed E-state index contributed by atoms with van der Waals surface area (Å²) in [6.07, 6.45) is 3.61. The molecule has 1 atom stereocenters. The third kappa shape index (κ3) is 4.43. The second kappa shape index (κ2) is 8.92. The van der Waals surface area contributed by atoms with Gasteiger partial charge in [-0.15, -0.1) is 22.7 Å². The van der Waals surface area contributed by atoms with Crippen LogP contribution in [0.3, 0.4) is 0 Å². The lowest BCUT2D eigenvalue weighted by molar-refractivity contribution is -0.142. The van der Waals surface area contributed by atoms with Gasteiger partial charge in [0.2, 0.25) is 5.91 Å². The maximum atomic E-state index is 13.1. The number of pyridine rings is 1. The molecule has 1 N–H and O–H groups in total. The van der Waals surface area contributed by atoms with Crippen LogP contribution in [0, 0.1) is 0 Å². The lowest BCUT2D eigenvalue weighted by Crippen LogP contribution is -2.57. The normalized spacial score (nSPS) is 17.6. The molecule has 0 aromatic carbocycles. The number of aromatic nitrogens is 2. The molecule has 160 valence electrons. The topological polar surface area (TPSA) is 61.5 Å². The van der Waals surface area contributed by atoms with Crippen molar-refractivity contribution in [3.05, 3.63) is 64.7 Å². The van der Waals surface area contributed by atoms with E-state index in [4.69, 9.17) is 4.74 Å². The standard InChI is InChI=1S/C23H24N4O2S2/c1-29-15-18-12-26(13-19-4-5-22(31-19)21-3-2-8-30-21)14-23(28)27(18)11-17-9-16-10-24-7-6-20(16)25-17/h2-10,18,25H,11-15H2,1H3. The third-order valence-corrected chi connectivity index (χ3v) is 7.71. The van der Waals surface area contributed by atoms with Gasteiger partial charge in [0.05, 0.1) is 25.7 Å². The minimum Gasteiger partial charge on any atom is -0.382 e. The van der Waals surface area contributed by atoms with Crippen molar-refractivity contribution in [1.29, 1.82) is 0 Å². The number of nitrogens with zero attached hydrogens (tertiary/aromatic N) is 3. The highest BCUT2D eigenvalue weighted by atomic mass is 32.1. The Morgan fingerprint density at radius 1 is 1.23 bits per heavy atom. The van der Waals surface area contributed by atoms with Crippen LogP contribution in [-0.2, 0) is 22.6 Å². The van der Waals surface area contributed by atoms with Crippen LogP contribution in [-0.4, -0.2) is 58.5 Å². The van der Waals surface area contributed by atoms with Crippen LogP contribution in [0.25, 0.3) is 20.7 Å². The zero-order valence-electron chi connectivity index (χ0n) is 17.3. The molecule has 0 radical (unpaired) electrons. The van der Waals surface area contributed by atoms with Crippen molar-refractivity contribution in [2.45, 2.75) is 19.1 Å². The molecule has 0 spiro atoms. The van der Waals surface area contributed by atoms with Crippen molar-refractivity contribution in [2.24, 2.45) is 0 Å². The van der Waals surface area contributed by atoms with E-state index in [9.17, 15) is 4.79 Å². The summed E-state index contributed by atoms with van der Waals surface area (Å²) in [5.74, 6) is 0.139. The molecule has 0 aliphatic carbocycles. The van der Waals surface area contributed by atoms with Gasteiger partial charge in [-0.3, -0.25) is 14.7 Å². The third-order valence-electron chi connectivity index (χ3n) is 5.57. The fourth-order valence-electron chi connectivity index (χ4n) is 4.16. The molecule has 6 nitrogen and oxygen atoms in total. The van der Waals surface area contributed by atoms with E-state index >= 15 is 0 Å². The van der Waals surface area contributed by atoms with Crippen molar-refractivity contribution in [1.82, 2.24) is 19.8 Å². The molecule has 1 unspecified atom stereocenters. The Morgan fingerprint density at radius 3 is 2.97 bits per heavy atom. The Bertz CT molecular complexity index is 1130. The minimum atomic E-state index is 0.0208. The molecule has 5 rings (SSSR count). The summed E-state index contributed by atoms with van der Waals surface area (Å²) in [6, 6.07) is 12.6. The van der Waals surface area contributed by atoms with Crippen molar-refractivity contribution in [2.75, 3.05) is 26.8 Å². The highest BCUT2D eigenvalue weighted by Gasteiger charge is 2.33. The monoisotopic (exact) mass is 452 g/mol. The Kier molecular flexibility index (Phi) is 5.87. The van der Waals surface area contributed by atoms with Crippen LogP contribution in [0.4, 0.5) is 0 Å². The summed E-state index contributed by atoms with van der Waals surface area (Å²) in [5, 5.41) is 3.16. The van der Waals surface area contributed by atoms with E-state index in [-0.39, 0.29) is 11.9 Å². The van der Waals surface area contributed by atoms with Gasteiger partial charge in [0.25, 0.3) is 0 Å². The molecule has 1 aliphatic heterocycles. The average Bonchev–Trinajstić information content (AvgIpc) is 3.50. The van der Waals surface area contributed by atoms with Gasteiger partial charge in [-0.2, -0.15) is 0 Å². The van der Waals surface area contributed by atoms with E-state index in [1.54, 1.807) is 24.6 Å². The Labute approximate surface area is 189 Å². The molecular formula is C23H24N4O2S2. The molecule has 1 fully saturated rings. The Balaban J connectivity index is 1.29. The van der Waals surface area contributed by atoms with Gasteiger partial charge in [0, 0.05) is 63.8 Å². The predicted molar refractivity (Wildman–Crippen MR) is 125 cm³/mol. The number of carbonyl (C=O) groups excluding carboxylic acids is 1. The summed E-state index contributed by atoms with van der Waals surface area (Å²) in [4.78, 5) is 28.7. The van der Waals surface area contributed by atoms with E-state index in [0.717, 1.165) is 29.7 Å². The van der Waals surface area contributed by atoms with Crippen LogP contribution in [0.15, 0.2) is 54.2 Å². The van der Waals surface area contributed by atoms with E-state index in [2.05, 4.69) is 50.6 Å². The zero-order valence-corrected chi connectivity index (χ0v) is 18.9. The fourth-order valence-corrected chi connectivity index (χ4v) is 6.04. The molecule has 4 aromatic heterocycles. The van der Waals surface area contributed by atoms with E-state index < -0.39 is 0 Å². The number of fused-ring (bicyclic) bond motifs is 1. The largest absolute Gasteiger partial charge is 0.382 e.